The first-order valence-corrected chi connectivity index (χ1v) is 10.1. The lowest BCUT2D eigenvalue weighted by atomic mass is 10.0. The summed E-state index contributed by atoms with van der Waals surface area (Å²) in [6.07, 6.45) is 4.26. The lowest BCUT2D eigenvalue weighted by Crippen LogP contribution is -2.13. The Morgan fingerprint density at radius 2 is 1.60 bits per heavy atom. The van der Waals surface area contributed by atoms with Crippen LogP contribution in [0, 0.1) is 5.82 Å². The number of anilines is 1. The summed E-state index contributed by atoms with van der Waals surface area (Å²) in [6.45, 7) is 2.10. The van der Waals surface area contributed by atoms with Gasteiger partial charge in [0.05, 0.1) is 11.7 Å². The summed E-state index contributed by atoms with van der Waals surface area (Å²) < 4.78 is 13.5. The molecule has 0 bridgehead atoms. The highest BCUT2D eigenvalue weighted by Gasteiger charge is 2.19. The van der Waals surface area contributed by atoms with E-state index in [0.717, 1.165) is 23.1 Å². The van der Waals surface area contributed by atoms with Crippen molar-refractivity contribution >= 4 is 17.5 Å². The van der Waals surface area contributed by atoms with Gasteiger partial charge in [-0.3, -0.25) is 4.98 Å². The molecule has 2 aromatic heterocycles. The number of hydrogen-bond donors (Lipinski definition) is 1. The molecule has 4 aromatic rings. The van der Waals surface area contributed by atoms with Crippen LogP contribution < -0.4 is 5.32 Å². The van der Waals surface area contributed by atoms with Gasteiger partial charge in [0.25, 0.3) is 0 Å². The Morgan fingerprint density at radius 1 is 0.900 bits per heavy atom. The van der Waals surface area contributed by atoms with Crippen LogP contribution in [-0.4, -0.2) is 15.0 Å². The molecule has 0 amide bonds. The first kappa shape index (κ1) is 20.0. The second kappa shape index (κ2) is 9.01. The number of halogens is 2. The molecule has 2 heterocycles. The van der Waals surface area contributed by atoms with Gasteiger partial charge in [0.15, 0.2) is 0 Å². The molecule has 6 heteroatoms. The Bertz CT molecular complexity index is 1120. The maximum atomic E-state index is 13.5. The molecule has 30 heavy (non-hydrogen) atoms. The van der Waals surface area contributed by atoms with Gasteiger partial charge in [-0.15, -0.1) is 0 Å². The van der Waals surface area contributed by atoms with Gasteiger partial charge in [0.2, 0.25) is 5.95 Å². The average Bonchev–Trinajstić information content (AvgIpc) is 2.79. The molecule has 1 N–H and O–H groups in total. The molecular formula is C24H20ClFN4. The summed E-state index contributed by atoms with van der Waals surface area (Å²) in [5, 5.41) is 3.70. The van der Waals surface area contributed by atoms with Gasteiger partial charge in [-0.25, -0.2) is 14.4 Å². The lowest BCUT2D eigenvalue weighted by molar-refractivity contribution is 0.628. The van der Waals surface area contributed by atoms with Gasteiger partial charge >= 0.3 is 0 Å². The molecule has 0 aliphatic carbocycles. The van der Waals surface area contributed by atoms with Crippen molar-refractivity contribution in [2.24, 2.45) is 0 Å². The third kappa shape index (κ3) is 4.31. The van der Waals surface area contributed by atoms with Crippen molar-refractivity contribution in [2.75, 3.05) is 5.32 Å². The van der Waals surface area contributed by atoms with Crippen molar-refractivity contribution < 1.29 is 4.39 Å². The van der Waals surface area contributed by atoms with Crippen molar-refractivity contribution in [1.82, 2.24) is 15.0 Å². The molecule has 150 valence electrons. The van der Waals surface area contributed by atoms with Gasteiger partial charge in [0, 0.05) is 23.5 Å². The van der Waals surface area contributed by atoms with E-state index in [1.54, 1.807) is 24.5 Å². The zero-order valence-electron chi connectivity index (χ0n) is 16.4. The molecule has 0 aliphatic heterocycles. The Hall–Kier alpha value is -3.31. The average molecular weight is 419 g/mol. The molecule has 0 spiro atoms. The van der Waals surface area contributed by atoms with Crippen molar-refractivity contribution in [3.63, 3.8) is 0 Å². The van der Waals surface area contributed by atoms with Gasteiger partial charge in [-0.1, -0.05) is 61.0 Å². The topological polar surface area (TPSA) is 50.7 Å². The standard InChI is InChI=1S/C24H20ClFN4/c1-2-20(16-6-4-3-5-7-16)28-24-29-22(18-12-14-27-15-13-18)21(23(25)30-24)17-8-10-19(26)11-9-17/h3-15,20H,2H2,1H3,(H,28,29,30). The third-order valence-electron chi connectivity index (χ3n) is 4.87. The Morgan fingerprint density at radius 3 is 2.27 bits per heavy atom. The van der Waals surface area contributed by atoms with Crippen LogP contribution in [0.1, 0.15) is 24.9 Å². The molecule has 0 saturated heterocycles. The summed E-state index contributed by atoms with van der Waals surface area (Å²) in [4.78, 5) is 13.4. The summed E-state index contributed by atoms with van der Waals surface area (Å²) in [5.74, 6) is 0.126. The largest absolute Gasteiger partial charge is 0.347 e. The normalized spacial score (nSPS) is 11.8. The van der Waals surface area contributed by atoms with Crippen LogP contribution in [0.4, 0.5) is 10.3 Å². The van der Waals surface area contributed by atoms with E-state index in [2.05, 4.69) is 34.3 Å². The Labute approximate surface area is 179 Å². The van der Waals surface area contributed by atoms with Crippen molar-refractivity contribution in [3.05, 3.63) is 95.7 Å². The van der Waals surface area contributed by atoms with Crippen LogP contribution in [0.15, 0.2) is 79.1 Å². The Kier molecular flexibility index (Phi) is 6.00. The van der Waals surface area contributed by atoms with Gasteiger partial charge in [0.1, 0.15) is 11.0 Å². The molecule has 0 radical (unpaired) electrons. The fraction of sp³-hybridized carbons (Fsp3) is 0.125. The van der Waals surface area contributed by atoms with E-state index in [4.69, 9.17) is 16.6 Å². The third-order valence-corrected chi connectivity index (χ3v) is 5.14. The fourth-order valence-corrected chi connectivity index (χ4v) is 3.63. The van der Waals surface area contributed by atoms with Crippen LogP contribution >= 0.6 is 11.6 Å². The molecule has 0 saturated carbocycles. The number of benzene rings is 2. The molecule has 1 unspecified atom stereocenters. The van der Waals surface area contributed by atoms with Crippen LogP contribution in [-0.2, 0) is 0 Å². The highest BCUT2D eigenvalue weighted by atomic mass is 35.5. The van der Waals surface area contributed by atoms with Crippen LogP contribution in [0.3, 0.4) is 0 Å². The summed E-state index contributed by atoms with van der Waals surface area (Å²) in [5.41, 5.74) is 4.06. The molecule has 0 aliphatic rings. The van der Waals surface area contributed by atoms with E-state index in [9.17, 15) is 4.39 Å². The number of aromatic nitrogens is 3. The summed E-state index contributed by atoms with van der Waals surface area (Å²) in [7, 11) is 0. The first-order chi connectivity index (χ1) is 14.7. The van der Waals surface area contributed by atoms with E-state index in [1.807, 2.05) is 30.3 Å². The van der Waals surface area contributed by atoms with E-state index in [1.165, 1.54) is 12.1 Å². The minimum Gasteiger partial charge on any atom is -0.347 e. The molecular weight excluding hydrogens is 399 g/mol. The molecule has 4 rings (SSSR count). The van der Waals surface area contributed by atoms with Gasteiger partial charge in [-0.05, 0) is 41.8 Å². The second-order valence-corrected chi connectivity index (χ2v) is 7.18. The monoisotopic (exact) mass is 418 g/mol. The zero-order chi connectivity index (χ0) is 20.9. The smallest absolute Gasteiger partial charge is 0.225 e. The zero-order valence-corrected chi connectivity index (χ0v) is 17.1. The number of nitrogens with one attached hydrogen (secondary N) is 1. The SMILES string of the molecule is CCC(Nc1nc(Cl)c(-c2ccc(F)cc2)c(-c2ccncc2)n1)c1ccccc1. The number of hydrogen-bond acceptors (Lipinski definition) is 4. The van der Waals surface area contributed by atoms with Crippen molar-refractivity contribution in [1.29, 1.82) is 0 Å². The summed E-state index contributed by atoms with van der Waals surface area (Å²) in [6, 6.07) is 20.1. The van der Waals surface area contributed by atoms with E-state index >= 15 is 0 Å². The number of nitrogens with zero attached hydrogens (tertiary/aromatic N) is 3. The highest BCUT2D eigenvalue weighted by Crippen LogP contribution is 2.36. The maximum Gasteiger partial charge on any atom is 0.225 e. The van der Waals surface area contributed by atoms with Crippen molar-refractivity contribution in [3.8, 4) is 22.4 Å². The minimum atomic E-state index is -0.312. The highest BCUT2D eigenvalue weighted by molar-refractivity contribution is 6.32. The van der Waals surface area contributed by atoms with E-state index in [-0.39, 0.29) is 11.9 Å². The van der Waals surface area contributed by atoms with Gasteiger partial charge < -0.3 is 5.32 Å². The molecule has 1 atom stereocenters. The van der Waals surface area contributed by atoms with Crippen LogP contribution in [0.25, 0.3) is 22.4 Å². The Balaban J connectivity index is 1.80. The molecule has 2 aromatic carbocycles. The van der Waals surface area contributed by atoms with E-state index < -0.39 is 0 Å². The number of rotatable bonds is 6. The van der Waals surface area contributed by atoms with Gasteiger partial charge in [-0.2, -0.15) is 0 Å². The number of pyridine rings is 1. The fourth-order valence-electron chi connectivity index (χ4n) is 3.35. The summed E-state index contributed by atoms with van der Waals surface area (Å²) >= 11 is 6.63. The first-order valence-electron chi connectivity index (χ1n) is 9.71. The minimum absolute atomic E-state index is 0.0456. The quantitative estimate of drug-likeness (QED) is 0.360. The van der Waals surface area contributed by atoms with E-state index in [0.29, 0.717) is 22.4 Å². The van der Waals surface area contributed by atoms with Crippen LogP contribution in [0.5, 0.6) is 0 Å². The molecule has 0 fully saturated rings. The second-order valence-electron chi connectivity index (χ2n) is 6.82. The molecule has 4 nitrogen and oxygen atoms in total. The predicted molar refractivity (Wildman–Crippen MR) is 119 cm³/mol. The predicted octanol–water partition coefficient (Wildman–Crippen LogP) is 6.56. The van der Waals surface area contributed by atoms with Crippen molar-refractivity contribution in [2.45, 2.75) is 19.4 Å². The lowest BCUT2D eigenvalue weighted by Gasteiger charge is -2.19. The van der Waals surface area contributed by atoms with Crippen LogP contribution in [0.2, 0.25) is 5.15 Å². The maximum absolute atomic E-state index is 13.5.